The number of aromatic nitrogens is 2. The third-order valence-electron chi connectivity index (χ3n) is 7.99. The van der Waals surface area contributed by atoms with Crippen LogP contribution in [0.2, 0.25) is 18.1 Å². The van der Waals surface area contributed by atoms with E-state index in [4.69, 9.17) is 19.1 Å². The molecule has 2 N–H and O–H groups in total. The number of rotatable bonds is 10. The molecule has 0 unspecified atom stereocenters. The predicted molar refractivity (Wildman–Crippen MR) is 160 cm³/mol. The average Bonchev–Trinajstić information content (AvgIpc) is 3.48. The largest absolute Gasteiger partial charge is 0.411 e. The summed E-state index contributed by atoms with van der Waals surface area (Å²) in [4.78, 5) is 19.5. The highest BCUT2D eigenvalue weighted by atomic mass is 28.4. The first-order valence-electron chi connectivity index (χ1n) is 14.0. The van der Waals surface area contributed by atoms with E-state index in [0.717, 1.165) is 29.1 Å². The topological polar surface area (TPSA) is 89.9 Å². The summed E-state index contributed by atoms with van der Waals surface area (Å²) in [6.07, 6.45) is -0.726. The van der Waals surface area contributed by atoms with Crippen molar-refractivity contribution in [2.24, 2.45) is 0 Å². The van der Waals surface area contributed by atoms with Crippen LogP contribution in [0.25, 0.3) is 5.69 Å². The highest BCUT2D eigenvalue weighted by Crippen LogP contribution is 2.37. The Kier molecular flexibility index (Phi) is 9.83. The lowest BCUT2D eigenvalue weighted by atomic mass is 10.0. The van der Waals surface area contributed by atoms with Crippen LogP contribution in [-0.2, 0) is 20.6 Å². The third-order valence-corrected chi connectivity index (χ3v) is 12.5. The zero-order chi connectivity index (χ0) is 30.7. The molecule has 1 aromatic heterocycles. The summed E-state index contributed by atoms with van der Waals surface area (Å²) >= 11 is 0. The van der Waals surface area contributed by atoms with Crippen LogP contribution in [-0.4, -0.2) is 62.0 Å². The van der Waals surface area contributed by atoms with Crippen LogP contribution in [0.15, 0.2) is 48.5 Å². The highest BCUT2D eigenvalue weighted by molar-refractivity contribution is 6.74. The van der Waals surface area contributed by atoms with Gasteiger partial charge in [-0.1, -0.05) is 45.0 Å². The Morgan fingerprint density at radius 1 is 1.14 bits per heavy atom. The smallest absolute Gasteiger partial charge is 0.320 e. The first-order chi connectivity index (χ1) is 19.8. The minimum atomic E-state index is -2.05. The number of para-hydroxylation sites is 1. The molecule has 228 valence electrons. The van der Waals surface area contributed by atoms with E-state index in [0.29, 0.717) is 37.7 Å². The van der Waals surface area contributed by atoms with E-state index in [-0.39, 0.29) is 5.04 Å². The maximum Gasteiger partial charge on any atom is 0.320 e. The SMILES string of the molecule is COCCN1C[C@@H](NC(=O)Nc2c(C)c(CO[Si](C)(C)C(C)(C)C)nn2-c2ccccc2)[C@H](c2ccc(F)c(F)c2)O1. The number of hydroxylamine groups is 2. The molecule has 1 fully saturated rings. The quantitative estimate of drug-likeness (QED) is 0.273. The van der Waals surface area contributed by atoms with E-state index in [1.165, 1.54) is 6.07 Å². The Balaban J connectivity index is 1.58. The molecule has 2 amide bonds. The molecule has 2 atom stereocenters. The van der Waals surface area contributed by atoms with Gasteiger partial charge < -0.3 is 14.5 Å². The van der Waals surface area contributed by atoms with Crippen molar-refractivity contribution in [3.05, 3.63) is 77.0 Å². The third kappa shape index (κ3) is 7.24. The second-order valence-corrected chi connectivity index (χ2v) is 16.8. The fourth-order valence-corrected chi connectivity index (χ4v) is 5.32. The number of benzene rings is 2. The number of carbonyl (C=O) groups excluding carboxylic acids is 1. The van der Waals surface area contributed by atoms with Gasteiger partial charge in [0.15, 0.2) is 20.0 Å². The lowest BCUT2D eigenvalue weighted by Crippen LogP contribution is -2.42. The summed E-state index contributed by atoms with van der Waals surface area (Å²) in [5.74, 6) is -1.43. The summed E-state index contributed by atoms with van der Waals surface area (Å²) in [5, 5.41) is 12.5. The first-order valence-corrected chi connectivity index (χ1v) is 16.9. The summed E-state index contributed by atoms with van der Waals surface area (Å²) in [5.41, 5.74) is 2.71. The molecule has 1 aliphatic heterocycles. The van der Waals surface area contributed by atoms with Gasteiger partial charge in [0.1, 0.15) is 11.9 Å². The summed E-state index contributed by atoms with van der Waals surface area (Å²) in [7, 11) is -0.466. The molecule has 0 saturated carbocycles. The van der Waals surface area contributed by atoms with Crippen molar-refractivity contribution in [1.82, 2.24) is 20.2 Å². The van der Waals surface area contributed by atoms with Crippen molar-refractivity contribution in [3.8, 4) is 5.69 Å². The lowest BCUT2D eigenvalue weighted by molar-refractivity contribution is -0.154. The number of carbonyl (C=O) groups is 1. The molecule has 12 heteroatoms. The number of ether oxygens (including phenoxy) is 1. The molecule has 2 heterocycles. The zero-order valence-electron chi connectivity index (χ0n) is 25.3. The average molecular weight is 602 g/mol. The number of hydrogen-bond acceptors (Lipinski definition) is 6. The minimum absolute atomic E-state index is 0.0360. The maximum atomic E-state index is 14.1. The van der Waals surface area contributed by atoms with Crippen LogP contribution in [0.1, 0.15) is 43.7 Å². The molecule has 1 aliphatic rings. The molecule has 3 aromatic rings. The van der Waals surface area contributed by atoms with E-state index < -0.39 is 38.1 Å². The summed E-state index contributed by atoms with van der Waals surface area (Å²) in [6, 6.07) is 12.1. The molecule has 4 rings (SSSR count). The predicted octanol–water partition coefficient (Wildman–Crippen LogP) is 6.11. The number of methoxy groups -OCH3 is 1. The minimum Gasteiger partial charge on any atom is -0.411 e. The molecule has 0 aliphatic carbocycles. The van der Waals surface area contributed by atoms with Gasteiger partial charge in [0.2, 0.25) is 0 Å². The molecular formula is C30H41F2N5O4Si. The van der Waals surface area contributed by atoms with E-state index in [1.54, 1.807) is 16.9 Å². The maximum absolute atomic E-state index is 14.1. The molecule has 42 heavy (non-hydrogen) atoms. The molecule has 2 aromatic carbocycles. The second-order valence-electron chi connectivity index (χ2n) is 12.0. The van der Waals surface area contributed by atoms with Crippen molar-refractivity contribution in [2.45, 2.75) is 64.6 Å². The molecule has 1 saturated heterocycles. The summed E-state index contributed by atoms with van der Waals surface area (Å²) in [6.45, 7) is 14.3. The Morgan fingerprint density at radius 3 is 2.50 bits per heavy atom. The number of nitrogens with zero attached hydrogens (tertiary/aromatic N) is 3. The van der Waals surface area contributed by atoms with Gasteiger partial charge in [-0.3, -0.25) is 10.2 Å². The van der Waals surface area contributed by atoms with Crippen molar-refractivity contribution >= 4 is 20.2 Å². The van der Waals surface area contributed by atoms with Crippen LogP contribution >= 0.6 is 0 Å². The van der Waals surface area contributed by atoms with Crippen molar-refractivity contribution in [2.75, 3.05) is 32.1 Å². The second kappa shape index (κ2) is 13.0. The van der Waals surface area contributed by atoms with Crippen LogP contribution < -0.4 is 10.6 Å². The molecule has 0 bridgehead atoms. The summed E-state index contributed by atoms with van der Waals surface area (Å²) < 4.78 is 41.0. The fourth-order valence-electron chi connectivity index (χ4n) is 4.39. The van der Waals surface area contributed by atoms with E-state index in [1.807, 2.05) is 37.3 Å². The van der Waals surface area contributed by atoms with Crippen molar-refractivity contribution in [1.29, 1.82) is 0 Å². The Morgan fingerprint density at radius 2 is 1.86 bits per heavy atom. The normalized spacial score (nSPS) is 17.9. The molecule has 0 spiro atoms. The van der Waals surface area contributed by atoms with Gasteiger partial charge in [0.25, 0.3) is 0 Å². The van der Waals surface area contributed by atoms with Crippen LogP contribution in [0.5, 0.6) is 0 Å². The van der Waals surface area contributed by atoms with Gasteiger partial charge in [-0.15, -0.1) is 0 Å². The fraction of sp³-hybridized carbons (Fsp3) is 0.467. The van der Waals surface area contributed by atoms with Gasteiger partial charge in [-0.2, -0.15) is 10.2 Å². The van der Waals surface area contributed by atoms with Crippen LogP contribution in [0.3, 0.4) is 0 Å². The van der Waals surface area contributed by atoms with E-state index in [9.17, 15) is 13.6 Å². The van der Waals surface area contributed by atoms with E-state index >= 15 is 0 Å². The van der Waals surface area contributed by atoms with Crippen LogP contribution in [0, 0.1) is 18.6 Å². The van der Waals surface area contributed by atoms with E-state index in [2.05, 4.69) is 44.5 Å². The van der Waals surface area contributed by atoms with Gasteiger partial charge >= 0.3 is 6.03 Å². The van der Waals surface area contributed by atoms with Gasteiger partial charge in [0.05, 0.1) is 30.6 Å². The van der Waals surface area contributed by atoms with Gasteiger partial charge in [-0.05, 0) is 54.9 Å². The Labute approximate surface area is 247 Å². The Hall–Kier alpha value is -3.16. The monoisotopic (exact) mass is 601 g/mol. The van der Waals surface area contributed by atoms with Crippen LogP contribution in [0.4, 0.5) is 19.4 Å². The lowest BCUT2D eigenvalue weighted by Gasteiger charge is -2.35. The number of hydrogen-bond donors (Lipinski definition) is 2. The number of amides is 2. The van der Waals surface area contributed by atoms with Gasteiger partial charge in [0, 0.05) is 25.8 Å². The number of nitrogens with one attached hydrogen (secondary N) is 2. The molecule has 9 nitrogen and oxygen atoms in total. The molecular weight excluding hydrogens is 560 g/mol. The number of urea groups is 1. The van der Waals surface area contributed by atoms with Crippen molar-refractivity contribution in [3.63, 3.8) is 0 Å². The standard InChI is InChI=1S/C30H41F2N5O4Si/c1-20-26(19-40-42(6,7)30(2,3)4)35-37(22-11-9-8-10-12-22)28(20)34-29(38)33-25-18-36(15-16-39-5)41-27(25)21-13-14-23(31)24(32)17-21/h8-14,17,25,27H,15-16,18-19H2,1-7H3,(H2,33,34,38)/t25-,27+/m1/s1. The van der Waals surface area contributed by atoms with Gasteiger partial charge in [-0.25, -0.2) is 18.3 Å². The zero-order valence-corrected chi connectivity index (χ0v) is 26.3. The molecule has 0 radical (unpaired) electrons. The number of anilines is 1. The van der Waals surface area contributed by atoms with Crippen molar-refractivity contribution < 1.29 is 27.6 Å². The number of halogens is 2. The highest BCUT2D eigenvalue weighted by Gasteiger charge is 2.38. The Bertz CT molecular complexity index is 1380. The first kappa shape index (κ1) is 31.8.